The Hall–Kier alpha value is -2.47. The van der Waals surface area contributed by atoms with Gasteiger partial charge in [-0.15, -0.1) is 0 Å². The minimum atomic E-state index is -0.430. The summed E-state index contributed by atoms with van der Waals surface area (Å²) >= 11 is 5.76. The van der Waals surface area contributed by atoms with Crippen molar-refractivity contribution >= 4 is 17.5 Å². The maximum absolute atomic E-state index is 13.8. The first-order chi connectivity index (χ1) is 10.6. The van der Waals surface area contributed by atoms with Crippen LogP contribution in [0.3, 0.4) is 0 Å². The first-order valence-corrected chi connectivity index (χ1v) is 7.00. The standard InChI is InChI=1S/C15H13ClFN5/c1-22-9-11(8-20-22)13-5-6-18-15(21-13)19-7-10-3-2-4-12(16)14(10)17/h2-6,8-9H,7H2,1H3,(H,18,19,21). The molecular formula is C15H13ClFN5. The topological polar surface area (TPSA) is 55.6 Å². The first kappa shape index (κ1) is 14.5. The summed E-state index contributed by atoms with van der Waals surface area (Å²) in [4.78, 5) is 8.53. The van der Waals surface area contributed by atoms with Crippen molar-refractivity contribution < 1.29 is 4.39 Å². The van der Waals surface area contributed by atoms with Crippen molar-refractivity contribution in [2.24, 2.45) is 7.05 Å². The molecular weight excluding hydrogens is 305 g/mol. The molecule has 0 amide bonds. The number of hydrogen-bond acceptors (Lipinski definition) is 4. The fourth-order valence-electron chi connectivity index (χ4n) is 2.02. The van der Waals surface area contributed by atoms with E-state index < -0.39 is 5.82 Å². The lowest BCUT2D eigenvalue weighted by molar-refractivity contribution is 0.613. The molecule has 0 spiro atoms. The fraction of sp³-hybridized carbons (Fsp3) is 0.133. The van der Waals surface area contributed by atoms with Crippen LogP contribution < -0.4 is 5.32 Å². The third kappa shape index (κ3) is 3.07. The number of nitrogens with one attached hydrogen (secondary N) is 1. The van der Waals surface area contributed by atoms with Gasteiger partial charge in [0.25, 0.3) is 0 Å². The summed E-state index contributed by atoms with van der Waals surface area (Å²) in [5.74, 6) is -0.0131. The molecule has 7 heteroatoms. The van der Waals surface area contributed by atoms with E-state index in [-0.39, 0.29) is 11.6 Å². The molecule has 3 rings (SSSR count). The van der Waals surface area contributed by atoms with Gasteiger partial charge < -0.3 is 5.32 Å². The van der Waals surface area contributed by atoms with E-state index >= 15 is 0 Å². The fourth-order valence-corrected chi connectivity index (χ4v) is 2.21. The van der Waals surface area contributed by atoms with Gasteiger partial charge in [-0.2, -0.15) is 5.10 Å². The zero-order valence-electron chi connectivity index (χ0n) is 11.8. The monoisotopic (exact) mass is 317 g/mol. The summed E-state index contributed by atoms with van der Waals surface area (Å²) in [6, 6.07) is 6.68. The number of rotatable bonds is 4. The van der Waals surface area contributed by atoms with Crippen molar-refractivity contribution in [1.29, 1.82) is 0 Å². The van der Waals surface area contributed by atoms with E-state index in [1.807, 2.05) is 13.2 Å². The smallest absolute Gasteiger partial charge is 0.223 e. The van der Waals surface area contributed by atoms with Crippen LogP contribution in [0.1, 0.15) is 5.56 Å². The number of halogens is 2. The number of benzene rings is 1. The summed E-state index contributed by atoms with van der Waals surface area (Å²) < 4.78 is 15.5. The van der Waals surface area contributed by atoms with E-state index in [1.165, 1.54) is 6.07 Å². The normalized spacial score (nSPS) is 10.7. The van der Waals surface area contributed by atoms with E-state index in [4.69, 9.17) is 11.6 Å². The molecule has 0 aliphatic heterocycles. The molecule has 0 unspecified atom stereocenters. The van der Waals surface area contributed by atoms with Gasteiger partial charge in [0.2, 0.25) is 5.95 Å². The average molecular weight is 318 g/mol. The molecule has 0 radical (unpaired) electrons. The highest BCUT2D eigenvalue weighted by molar-refractivity contribution is 6.30. The number of aromatic nitrogens is 4. The molecule has 0 atom stereocenters. The van der Waals surface area contributed by atoms with Crippen LogP contribution in [0.5, 0.6) is 0 Å². The first-order valence-electron chi connectivity index (χ1n) is 6.62. The van der Waals surface area contributed by atoms with E-state index in [0.717, 1.165) is 11.3 Å². The van der Waals surface area contributed by atoms with Crippen LogP contribution in [0.4, 0.5) is 10.3 Å². The Labute approximate surface area is 131 Å². The van der Waals surface area contributed by atoms with Gasteiger partial charge in [-0.25, -0.2) is 14.4 Å². The number of aryl methyl sites for hydroxylation is 1. The Kier molecular flexibility index (Phi) is 4.02. The summed E-state index contributed by atoms with van der Waals surface area (Å²) in [7, 11) is 1.84. The van der Waals surface area contributed by atoms with Crippen LogP contribution in [0.15, 0.2) is 42.9 Å². The van der Waals surface area contributed by atoms with Crippen molar-refractivity contribution in [3.63, 3.8) is 0 Å². The quantitative estimate of drug-likeness (QED) is 0.802. The van der Waals surface area contributed by atoms with E-state index in [1.54, 1.807) is 35.3 Å². The molecule has 2 aromatic heterocycles. The van der Waals surface area contributed by atoms with Gasteiger partial charge in [-0.3, -0.25) is 4.68 Å². The van der Waals surface area contributed by atoms with Gasteiger partial charge in [0.1, 0.15) is 5.82 Å². The van der Waals surface area contributed by atoms with Crippen molar-refractivity contribution in [3.05, 3.63) is 59.3 Å². The highest BCUT2D eigenvalue weighted by Crippen LogP contribution is 2.19. The molecule has 0 fully saturated rings. The molecule has 3 aromatic rings. The Morgan fingerprint density at radius 1 is 1.32 bits per heavy atom. The Bertz CT molecular complexity index is 802. The lowest BCUT2D eigenvalue weighted by atomic mass is 10.2. The zero-order chi connectivity index (χ0) is 15.5. The Balaban J connectivity index is 1.77. The van der Waals surface area contributed by atoms with Gasteiger partial charge in [-0.05, 0) is 12.1 Å². The van der Waals surface area contributed by atoms with Crippen LogP contribution >= 0.6 is 11.6 Å². The van der Waals surface area contributed by atoms with Gasteiger partial charge in [0.15, 0.2) is 0 Å². The molecule has 0 saturated carbocycles. The molecule has 0 aliphatic rings. The lowest BCUT2D eigenvalue weighted by Gasteiger charge is -2.07. The van der Waals surface area contributed by atoms with Gasteiger partial charge >= 0.3 is 0 Å². The highest BCUT2D eigenvalue weighted by Gasteiger charge is 2.08. The molecule has 0 aliphatic carbocycles. The van der Waals surface area contributed by atoms with Crippen LogP contribution in [0.2, 0.25) is 5.02 Å². The molecule has 0 saturated heterocycles. The van der Waals surface area contributed by atoms with Gasteiger partial charge in [0, 0.05) is 37.1 Å². The number of anilines is 1. The third-order valence-electron chi connectivity index (χ3n) is 3.12. The van der Waals surface area contributed by atoms with Crippen LogP contribution in [0, 0.1) is 5.82 Å². The Morgan fingerprint density at radius 2 is 2.18 bits per heavy atom. The SMILES string of the molecule is Cn1cc(-c2ccnc(NCc3cccc(Cl)c3F)n2)cn1. The number of nitrogens with zero attached hydrogens (tertiary/aromatic N) is 4. The summed E-state index contributed by atoms with van der Waals surface area (Å²) in [6.45, 7) is 0.253. The van der Waals surface area contributed by atoms with Crippen LogP contribution in [-0.2, 0) is 13.6 Å². The van der Waals surface area contributed by atoms with E-state index in [2.05, 4.69) is 20.4 Å². The van der Waals surface area contributed by atoms with Gasteiger partial charge in [-0.1, -0.05) is 23.7 Å². The predicted octanol–water partition coefficient (Wildman–Crippen LogP) is 3.28. The zero-order valence-corrected chi connectivity index (χ0v) is 12.5. The van der Waals surface area contributed by atoms with Crippen molar-refractivity contribution in [2.45, 2.75) is 6.54 Å². The maximum atomic E-state index is 13.8. The molecule has 2 heterocycles. The molecule has 22 heavy (non-hydrogen) atoms. The van der Waals surface area contributed by atoms with E-state index in [0.29, 0.717) is 11.5 Å². The lowest BCUT2D eigenvalue weighted by Crippen LogP contribution is -2.05. The summed E-state index contributed by atoms with van der Waals surface area (Å²) in [6.07, 6.45) is 5.23. The molecule has 5 nitrogen and oxygen atoms in total. The predicted molar refractivity (Wildman–Crippen MR) is 83.0 cm³/mol. The maximum Gasteiger partial charge on any atom is 0.223 e. The molecule has 112 valence electrons. The van der Waals surface area contributed by atoms with Crippen LogP contribution in [-0.4, -0.2) is 19.7 Å². The van der Waals surface area contributed by atoms with Crippen molar-refractivity contribution in [2.75, 3.05) is 5.32 Å². The minimum Gasteiger partial charge on any atom is -0.350 e. The average Bonchev–Trinajstić information content (AvgIpc) is 2.96. The largest absolute Gasteiger partial charge is 0.350 e. The molecule has 1 N–H and O–H groups in total. The molecule has 1 aromatic carbocycles. The Morgan fingerprint density at radius 3 is 2.95 bits per heavy atom. The highest BCUT2D eigenvalue weighted by atomic mass is 35.5. The van der Waals surface area contributed by atoms with E-state index in [9.17, 15) is 4.39 Å². The second kappa shape index (κ2) is 6.11. The second-order valence-corrected chi connectivity index (χ2v) is 5.14. The van der Waals surface area contributed by atoms with Crippen LogP contribution in [0.25, 0.3) is 11.3 Å². The summed E-state index contributed by atoms with van der Waals surface area (Å²) in [5, 5.41) is 7.21. The van der Waals surface area contributed by atoms with Crippen molar-refractivity contribution in [3.8, 4) is 11.3 Å². The summed E-state index contributed by atoms with van der Waals surface area (Å²) in [5.41, 5.74) is 2.10. The van der Waals surface area contributed by atoms with Crippen molar-refractivity contribution in [1.82, 2.24) is 19.7 Å². The van der Waals surface area contributed by atoms with Gasteiger partial charge in [0.05, 0.1) is 16.9 Å². The minimum absolute atomic E-state index is 0.101. The second-order valence-electron chi connectivity index (χ2n) is 4.73. The number of hydrogen-bond donors (Lipinski definition) is 1. The third-order valence-corrected chi connectivity index (χ3v) is 3.42. The molecule has 0 bridgehead atoms.